The molecular formula is C14H20N2O2. The Labute approximate surface area is 107 Å². The van der Waals surface area contributed by atoms with Crippen LogP contribution in [-0.2, 0) is 6.42 Å². The van der Waals surface area contributed by atoms with E-state index in [-0.39, 0.29) is 5.56 Å². The molecule has 1 fully saturated rings. The normalized spacial score (nSPS) is 14.7. The number of hydrogen-bond donors (Lipinski definition) is 3. The second kappa shape index (κ2) is 5.87. The van der Waals surface area contributed by atoms with Gasteiger partial charge in [-0.2, -0.15) is 0 Å². The van der Waals surface area contributed by atoms with Crippen LogP contribution in [0.1, 0.15) is 35.2 Å². The number of nitrogen functional groups attached to an aromatic ring is 1. The van der Waals surface area contributed by atoms with Crippen molar-refractivity contribution in [2.45, 2.75) is 25.7 Å². The molecule has 0 spiro atoms. The third-order valence-electron chi connectivity index (χ3n) is 3.39. The van der Waals surface area contributed by atoms with Crippen LogP contribution in [0.4, 0.5) is 5.69 Å². The average Bonchev–Trinajstić information content (AvgIpc) is 3.14. The van der Waals surface area contributed by atoms with E-state index < -0.39 is 5.97 Å². The Morgan fingerprint density at radius 2 is 2.17 bits per heavy atom. The highest BCUT2D eigenvalue weighted by atomic mass is 16.4. The lowest BCUT2D eigenvalue weighted by molar-refractivity contribution is 0.0697. The van der Waals surface area contributed by atoms with Crippen molar-refractivity contribution in [3.05, 3.63) is 29.3 Å². The molecule has 0 heterocycles. The zero-order valence-corrected chi connectivity index (χ0v) is 10.5. The smallest absolute Gasteiger partial charge is 0.335 e. The first kappa shape index (κ1) is 12.9. The van der Waals surface area contributed by atoms with E-state index in [4.69, 9.17) is 10.8 Å². The quantitative estimate of drug-likeness (QED) is 0.509. The molecule has 0 aliphatic heterocycles. The number of benzene rings is 1. The minimum atomic E-state index is -0.934. The number of carbonyl (C=O) groups is 1. The molecule has 1 aliphatic rings. The summed E-state index contributed by atoms with van der Waals surface area (Å²) in [6, 6.07) is 4.95. The molecule has 0 saturated heterocycles. The van der Waals surface area contributed by atoms with Gasteiger partial charge < -0.3 is 16.2 Å². The van der Waals surface area contributed by atoms with Crippen molar-refractivity contribution < 1.29 is 9.90 Å². The van der Waals surface area contributed by atoms with Crippen LogP contribution in [0.3, 0.4) is 0 Å². The van der Waals surface area contributed by atoms with Gasteiger partial charge in [-0.05, 0) is 49.5 Å². The molecule has 0 amide bonds. The van der Waals surface area contributed by atoms with Gasteiger partial charge in [0.15, 0.2) is 0 Å². The van der Waals surface area contributed by atoms with Crippen molar-refractivity contribution in [2.75, 3.05) is 18.8 Å². The van der Waals surface area contributed by atoms with Crippen molar-refractivity contribution in [1.82, 2.24) is 5.32 Å². The van der Waals surface area contributed by atoms with Gasteiger partial charge in [0.25, 0.3) is 0 Å². The lowest BCUT2D eigenvalue weighted by Crippen LogP contribution is -2.19. The Kier molecular flexibility index (Phi) is 4.20. The lowest BCUT2D eigenvalue weighted by Gasteiger charge is -2.08. The summed E-state index contributed by atoms with van der Waals surface area (Å²) in [6.07, 6.45) is 4.90. The predicted molar refractivity (Wildman–Crippen MR) is 71.7 cm³/mol. The molecule has 4 N–H and O–H groups in total. The lowest BCUT2D eigenvalue weighted by atomic mass is 10.1. The molecule has 0 atom stereocenters. The van der Waals surface area contributed by atoms with Crippen LogP contribution >= 0.6 is 0 Å². The molecule has 0 bridgehead atoms. The maximum atomic E-state index is 10.8. The fourth-order valence-electron chi connectivity index (χ4n) is 2.02. The summed E-state index contributed by atoms with van der Waals surface area (Å²) in [4.78, 5) is 10.8. The highest BCUT2D eigenvalue weighted by Crippen LogP contribution is 2.31. The number of aromatic carboxylic acids is 1. The summed E-state index contributed by atoms with van der Waals surface area (Å²) in [7, 11) is 0. The van der Waals surface area contributed by atoms with E-state index in [2.05, 4.69) is 5.32 Å². The fourth-order valence-corrected chi connectivity index (χ4v) is 2.02. The topological polar surface area (TPSA) is 75.4 Å². The highest BCUT2D eigenvalue weighted by Gasteiger charge is 2.19. The molecule has 0 radical (unpaired) electrons. The van der Waals surface area contributed by atoms with E-state index >= 15 is 0 Å². The Bertz CT molecular complexity index is 428. The number of nitrogens with one attached hydrogen (secondary N) is 1. The summed E-state index contributed by atoms with van der Waals surface area (Å²) in [6.45, 7) is 1.96. The summed E-state index contributed by atoms with van der Waals surface area (Å²) in [5, 5.41) is 12.2. The van der Waals surface area contributed by atoms with E-state index in [0.717, 1.165) is 31.0 Å². The summed E-state index contributed by atoms with van der Waals surface area (Å²) in [5.41, 5.74) is 7.67. The summed E-state index contributed by atoms with van der Waals surface area (Å²) >= 11 is 0. The molecule has 1 aromatic rings. The third-order valence-corrected chi connectivity index (χ3v) is 3.39. The minimum Gasteiger partial charge on any atom is -0.478 e. The van der Waals surface area contributed by atoms with E-state index in [1.165, 1.54) is 25.3 Å². The molecule has 98 valence electrons. The minimum absolute atomic E-state index is 0.248. The van der Waals surface area contributed by atoms with Gasteiger partial charge in [0.1, 0.15) is 0 Å². The van der Waals surface area contributed by atoms with Gasteiger partial charge in [-0.1, -0.05) is 18.9 Å². The van der Waals surface area contributed by atoms with Gasteiger partial charge in [-0.15, -0.1) is 0 Å². The van der Waals surface area contributed by atoms with Crippen LogP contribution in [0.15, 0.2) is 18.2 Å². The zero-order chi connectivity index (χ0) is 13.0. The molecule has 1 saturated carbocycles. The number of nitrogens with two attached hydrogens (primary N) is 1. The summed E-state index contributed by atoms with van der Waals surface area (Å²) < 4.78 is 0. The van der Waals surface area contributed by atoms with Crippen molar-refractivity contribution in [2.24, 2.45) is 5.92 Å². The van der Waals surface area contributed by atoms with E-state index in [0.29, 0.717) is 5.69 Å². The molecule has 0 unspecified atom stereocenters. The van der Waals surface area contributed by atoms with Crippen molar-refractivity contribution >= 4 is 11.7 Å². The molecule has 0 aromatic heterocycles. The van der Waals surface area contributed by atoms with Gasteiger partial charge in [0.05, 0.1) is 5.56 Å². The molecular weight excluding hydrogens is 228 g/mol. The van der Waals surface area contributed by atoms with E-state index in [1.54, 1.807) is 12.1 Å². The number of anilines is 1. The van der Waals surface area contributed by atoms with E-state index in [9.17, 15) is 4.79 Å². The maximum Gasteiger partial charge on any atom is 0.335 e. The van der Waals surface area contributed by atoms with Crippen LogP contribution in [-0.4, -0.2) is 24.2 Å². The number of carboxylic acids is 1. The molecule has 18 heavy (non-hydrogen) atoms. The Morgan fingerprint density at radius 1 is 1.39 bits per heavy atom. The predicted octanol–water partition coefficient (Wildman–Crippen LogP) is 1.90. The number of hydrogen-bond acceptors (Lipinski definition) is 3. The highest BCUT2D eigenvalue weighted by molar-refractivity contribution is 5.88. The maximum absolute atomic E-state index is 10.8. The van der Waals surface area contributed by atoms with E-state index in [1.807, 2.05) is 0 Å². The van der Waals surface area contributed by atoms with Crippen LogP contribution in [0.5, 0.6) is 0 Å². The first-order valence-corrected chi connectivity index (χ1v) is 6.49. The largest absolute Gasteiger partial charge is 0.478 e. The third kappa shape index (κ3) is 3.74. The van der Waals surface area contributed by atoms with Gasteiger partial charge in [-0.25, -0.2) is 4.79 Å². The van der Waals surface area contributed by atoms with Gasteiger partial charge >= 0.3 is 5.97 Å². The monoisotopic (exact) mass is 248 g/mol. The first-order chi connectivity index (χ1) is 8.66. The van der Waals surface area contributed by atoms with Crippen molar-refractivity contribution in [1.29, 1.82) is 0 Å². The first-order valence-electron chi connectivity index (χ1n) is 6.49. The molecule has 1 aliphatic carbocycles. The second-order valence-corrected chi connectivity index (χ2v) is 4.95. The Hall–Kier alpha value is -1.55. The molecule has 1 aromatic carbocycles. The zero-order valence-electron chi connectivity index (χ0n) is 10.5. The average molecular weight is 248 g/mol. The van der Waals surface area contributed by atoms with Crippen LogP contribution in [0, 0.1) is 5.92 Å². The Morgan fingerprint density at radius 3 is 2.78 bits per heavy atom. The second-order valence-electron chi connectivity index (χ2n) is 4.95. The standard InChI is InChI=1S/C14H20N2O2/c15-13-9-12(14(17)18)4-3-11(13)6-8-16-7-5-10-1-2-10/h3-4,9-10,16H,1-2,5-8,15H2,(H,17,18). The van der Waals surface area contributed by atoms with Gasteiger partial charge in [0, 0.05) is 5.69 Å². The Balaban J connectivity index is 1.75. The SMILES string of the molecule is Nc1cc(C(=O)O)ccc1CCNCCC1CC1. The number of rotatable bonds is 7. The fraction of sp³-hybridized carbons (Fsp3) is 0.500. The van der Waals surface area contributed by atoms with Crippen molar-refractivity contribution in [3.8, 4) is 0 Å². The molecule has 2 rings (SSSR count). The molecule has 4 nitrogen and oxygen atoms in total. The van der Waals surface area contributed by atoms with Gasteiger partial charge in [0.2, 0.25) is 0 Å². The van der Waals surface area contributed by atoms with Crippen LogP contribution < -0.4 is 11.1 Å². The van der Waals surface area contributed by atoms with Gasteiger partial charge in [-0.3, -0.25) is 0 Å². The summed E-state index contributed by atoms with van der Waals surface area (Å²) in [5.74, 6) is 0.0215. The molecule has 4 heteroatoms. The number of carboxylic acid groups (broad SMARTS) is 1. The van der Waals surface area contributed by atoms with Crippen LogP contribution in [0.25, 0.3) is 0 Å². The van der Waals surface area contributed by atoms with Crippen molar-refractivity contribution in [3.63, 3.8) is 0 Å². The van der Waals surface area contributed by atoms with Crippen LogP contribution in [0.2, 0.25) is 0 Å².